The Morgan fingerprint density at radius 2 is 1.61 bits per heavy atom. The lowest BCUT2D eigenvalue weighted by atomic mass is 9.88. The van der Waals surface area contributed by atoms with Crippen LogP contribution in [-0.4, -0.2) is 6.10 Å². The quantitative estimate of drug-likeness (QED) is 0.540. The third-order valence-electron chi connectivity index (χ3n) is 4.93. The predicted octanol–water partition coefficient (Wildman–Crippen LogP) is 5.80. The number of hydrogen-bond acceptors (Lipinski definition) is 2. The van der Waals surface area contributed by atoms with E-state index in [9.17, 15) is 0 Å². The van der Waals surface area contributed by atoms with Gasteiger partial charge in [-0.15, -0.1) is 0 Å². The molecular formula is C21H31NO. The number of ether oxygens (including phenoxy) is 1. The zero-order chi connectivity index (χ0) is 16.3. The Morgan fingerprint density at radius 3 is 2.26 bits per heavy atom. The third kappa shape index (κ3) is 6.75. The summed E-state index contributed by atoms with van der Waals surface area (Å²) in [6.45, 7) is 2.97. The third-order valence-corrected chi connectivity index (χ3v) is 4.93. The van der Waals surface area contributed by atoms with Gasteiger partial charge in [0.25, 0.3) is 0 Å². The van der Waals surface area contributed by atoms with Gasteiger partial charge >= 0.3 is 0 Å². The summed E-state index contributed by atoms with van der Waals surface area (Å²) in [5.74, 6) is 0.256. The van der Waals surface area contributed by atoms with Gasteiger partial charge in [-0.2, -0.15) is 5.26 Å². The first-order chi connectivity index (χ1) is 11.3. The number of benzene rings is 1. The van der Waals surface area contributed by atoms with Crippen LogP contribution in [0.4, 0.5) is 0 Å². The highest BCUT2D eigenvalue weighted by Crippen LogP contribution is 2.26. The monoisotopic (exact) mass is 313 g/mol. The van der Waals surface area contributed by atoms with Crippen molar-refractivity contribution in [3.8, 4) is 6.07 Å². The summed E-state index contributed by atoms with van der Waals surface area (Å²) >= 11 is 0. The fraction of sp³-hybridized carbons (Fsp3) is 0.667. The van der Waals surface area contributed by atoms with E-state index in [0.717, 1.165) is 25.7 Å². The van der Waals surface area contributed by atoms with Crippen LogP contribution in [0.2, 0.25) is 0 Å². The molecule has 1 aromatic rings. The van der Waals surface area contributed by atoms with Gasteiger partial charge in [0.2, 0.25) is 0 Å². The second-order valence-corrected chi connectivity index (χ2v) is 6.89. The van der Waals surface area contributed by atoms with Gasteiger partial charge in [-0.25, -0.2) is 0 Å². The topological polar surface area (TPSA) is 33.0 Å². The minimum absolute atomic E-state index is 0.256. The van der Waals surface area contributed by atoms with Crippen molar-refractivity contribution in [3.05, 3.63) is 35.4 Å². The van der Waals surface area contributed by atoms with Crippen molar-refractivity contribution in [1.82, 2.24) is 0 Å². The minimum Gasteiger partial charge on any atom is -0.374 e. The maximum atomic E-state index is 8.92. The lowest BCUT2D eigenvalue weighted by Gasteiger charge is -2.25. The Labute approximate surface area is 141 Å². The van der Waals surface area contributed by atoms with Crippen molar-refractivity contribution in [2.75, 3.05) is 0 Å². The molecule has 1 saturated carbocycles. The molecule has 1 aliphatic rings. The van der Waals surface area contributed by atoms with Gasteiger partial charge in [0, 0.05) is 5.92 Å². The summed E-state index contributed by atoms with van der Waals surface area (Å²) in [6.07, 6.45) is 12.3. The van der Waals surface area contributed by atoms with Crippen LogP contribution < -0.4 is 0 Å². The largest absolute Gasteiger partial charge is 0.374 e. The summed E-state index contributed by atoms with van der Waals surface area (Å²) in [5, 5.41) is 8.92. The number of nitriles is 1. The summed E-state index contributed by atoms with van der Waals surface area (Å²) < 4.78 is 6.02. The molecule has 0 atom stereocenters. The number of rotatable bonds is 9. The summed E-state index contributed by atoms with van der Waals surface area (Å²) in [5.41, 5.74) is 2.71. The average molecular weight is 313 g/mol. The Balaban J connectivity index is 1.64. The van der Waals surface area contributed by atoms with Crippen LogP contribution in [0.5, 0.6) is 0 Å². The first kappa shape index (κ1) is 18.0. The molecule has 0 radical (unpaired) electrons. The second kappa shape index (κ2) is 10.4. The van der Waals surface area contributed by atoms with Gasteiger partial charge in [-0.3, -0.25) is 0 Å². The van der Waals surface area contributed by atoms with E-state index >= 15 is 0 Å². The maximum Gasteiger partial charge on any atom is 0.0720 e. The number of unbranched alkanes of at least 4 members (excludes halogenated alkanes) is 4. The standard InChI is InChI=1S/C21H31NO/c1-2-3-4-5-6-7-18-8-10-20(11-9-18)17-23-21-14-12-19(16-22)13-15-21/h8-11,19,21H,2-7,12-15,17H2,1H3. The predicted molar refractivity (Wildman–Crippen MR) is 95.1 cm³/mol. The van der Waals surface area contributed by atoms with E-state index in [1.807, 2.05) is 0 Å². The highest BCUT2D eigenvalue weighted by atomic mass is 16.5. The normalized spacial score (nSPS) is 21.0. The van der Waals surface area contributed by atoms with E-state index < -0.39 is 0 Å². The molecule has 2 rings (SSSR count). The molecule has 1 fully saturated rings. The van der Waals surface area contributed by atoms with Gasteiger partial charge in [-0.05, 0) is 49.7 Å². The molecule has 2 heteroatoms. The average Bonchev–Trinajstić information content (AvgIpc) is 2.61. The number of hydrogen-bond donors (Lipinski definition) is 0. The Kier molecular flexibility index (Phi) is 8.18. The van der Waals surface area contributed by atoms with E-state index in [-0.39, 0.29) is 5.92 Å². The van der Waals surface area contributed by atoms with Crippen LogP contribution in [-0.2, 0) is 17.8 Å². The molecule has 0 aliphatic heterocycles. The Morgan fingerprint density at radius 1 is 0.957 bits per heavy atom. The molecule has 0 spiro atoms. The van der Waals surface area contributed by atoms with Gasteiger partial charge < -0.3 is 4.74 Å². The van der Waals surface area contributed by atoms with Crippen molar-refractivity contribution >= 4 is 0 Å². The molecule has 0 aromatic heterocycles. The zero-order valence-corrected chi connectivity index (χ0v) is 14.6. The molecule has 0 amide bonds. The van der Waals surface area contributed by atoms with Crippen molar-refractivity contribution in [2.45, 2.75) is 83.8 Å². The molecule has 2 nitrogen and oxygen atoms in total. The molecule has 126 valence electrons. The highest BCUT2D eigenvalue weighted by molar-refractivity contribution is 5.22. The lowest BCUT2D eigenvalue weighted by Crippen LogP contribution is -2.20. The molecule has 0 heterocycles. The summed E-state index contributed by atoms with van der Waals surface area (Å²) in [6, 6.07) is 11.3. The molecule has 0 N–H and O–H groups in total. The van der Waals surface area contributed by atoms with Crippen LogP contribution in [0, 0.1) is 17.2 Å². The SMILES string of the molecule is CCCCCCCc1ccc(COC2CCC(C#N)CC2)cc1. The fourth-order valence-electron chi connectivity index (χ4n) is 3.31. The minimum atomic E-state index is 0.256. The first-order valence-corrected chi connectivity index (χ1v) is 9.41. The van der Waals surface area contributed by atoms with Gasteiger partial charge in [-0.1, -0.05) is 56.9 Å². The van der Waals surface area contributed by atoms with E-state index in [1.54, 1.807) is 0 Å². The molecule has 23 heavy (non-hydrogen) atoms. The van der Waals surface area contributed by atoms with Crippen LogP contribution in [0.15, 0.2) is 24.3 Å². The van der Waals surface area contributed by atoms with Crippen LogP contribution in [0.3, 0.4) is 0 Å². The van der Waals surface area contributed by atoms with Gasteiger partial charge in [0.1, 0.15) is 0 Å². The van der Waals surface area contributed by atoms with Gasteiger partial charge in [0.05, 0.1) is 18.8 Å². The van der Waals surface area contributed by atoms with Crippen molar-refractivity contribution in [2.24, 2.45) is 5.92 Å². The lowest BCUT2D eigenvalue weighted by molar-refractivity contribution is 0.0116. The molecular weight excluding hydrogens is 282 g/mol. The molecule has 0 saturated heterocycles. The summed E-state index contributed by atoms with van der Waals surface area (Å²) in [4.78, 5) is 0. The fourth-order valence-corrected chi connectivity index (χ4v) is 3.31. The first-order valence-electron chi connectivity index (χ1n) is 9.41. The molecule has 0 bridgehead atoms. The van der Waals surface area contributed by atoms with E-state index in [2.05, 4.69) is 37.3 Å². The Bertz CT molecular complexity index is 466. The molecule has 1 aromatic carbocycles. The van der Waals surface area contributed by atoms with E-state index in [1.165, 1.54) is 49.7 Å². The Hall–Kier alpha value is -1.33. The smallest absolute Gasteiger partial charge is 0.0720 e. The number of aryl methyl sites for hydroxylation is 1. The van der Waals surface area contributed by atoms with Crippen molar-refractivity contribution in [1.29, 1.82) is 5.26 Å². The van der Waals surface area contributed by atoms with Crippen molar-refractivity contribution < 1.29 is 4.74 Å². The summed E-state index contributed by atoms with van der Waals surface area (Å²) in [7, 11) is 0. The second-order valence-electron chi connectivity index (χ2n) is 6.89. The van der Waals surface area contributed by atoms with Crippen molar-refractivity contribution in [3.63, 3.8) is 0 Å². The molecule has 0 unspecified atom stereocenters. The number of nitrogens with zero attached hydrogens (tertiary/aromatic N) is 1. The zero-order valence-electron chi connectivity index (χ0n) is 14.6. The van der Waals surface area contributed by atoms with E-state index in [0.29, 0.717) is 12.7 Å². The van der Waals surface area contributed by atoms with Gasteiger partial charge in [0.15, 0.2) is 0 Å². The van der Waals surface area contributed by atoms with Crippen LogP contribution in [0.1, 0.15) is 75.8 Å². The highest BCUT2D eigenvalue weighted by Gasteiger charge is 2.21. The van der Waals surface area contributed by atoms with E-state index in [4.69, 9.17) is 10.00 Å². The van der Waals surface area contributed by atoms with Crippen LogP contribution >= 0.6 is 0 Å². The molecule has 1 aliphatic carbocycles. The maximum absolute atomic E-state index is 8.92. The van der Waals surface area contributed by atoms with Crippen LogP contribution in [0.25, 0.3) is 0 Å².